The third-order valence-electron chi connectivity index (χ3n) is 7.77. The summed E-state index contributed by atoms with van der Waals surface area (Å²) in [6.45, 7) is 5.42. The number of carbonyl (C=O) groups is 5. The number of ether oxygens (including phenoxy) is 4. The fraction of sp³-hybridized carbons (Fsp3) is 0.316. The SMILES string of the molecule is CC(C)(C)OC(=O)Nc1nc(C(=N)C(=O)C[C@@H]2C(=O)N[C@@H]2COC(=O)CCC(=O)c2cc(OCc3ccccc3)c(OCc3ccccc3)cn2)cs1. The first-order chi connectivity index (χ1) is 25.3. The van der Waals surface area contributed by atoms with Crippen LogP contribution in [0.3, 0.4) is 0 Å². The third kappa shape index (κ3) is 11.3. The lowest BCUT2D eigenvalue weighted by Crippen LogP contribution is -2.61. The fourth-order valence-electron chi connectivity index (χ4n) is 5.02. The number of Topliss-reactive ketones (excluding diaryl/α,β-unsaturated/α-hetero) is 2. The van der Waals surface area contributed by atoms with Crippen LogP contribution in [0.4, 0.5) is 9.93 Å². The number of hydrogen-bond acceptors (Lipinski definition) is 13. The van der Waals surface area contributed by atoms with Gasteiger partial charge in [-0.05, 0) is 31.9 Å². The molecule has 2 amide bonds. The van der Waals surface area contributed by atoms with E-state index in [9.17, 15) is 24.0 Å². The summed E-state index contributed by atoms with van der Waals surface area (Å²) in [6.07, 6.45) is -0.0428. The van der Waals surface area contributed by atoms with Crippen LogP contribution in [0.2, 0.25) is 0 Å². The van der Waals surface area contributed by atoms with Gasteiger partial charge in [-0.1, -0.05) is 60.7 Å². The summed E-state index contributed by atoms with van der Waals surface area (Å²) < 4.78 is 22.5. The van der Waals surface area contributed by atoms with Crippen molar-refractivity contribution in [2.75, 3.05) is 11.9 Å². The van der Waals surface area contributed by atoms with Crippen molar-refractivity contribution < 1.29 is 42.9 Å². The number of benzene rings is 2. The number of esters is 1. The number of amides is 2. The fourth-order valence-corrected chi connectivity index (χ4v) is 5.71. The number of β-lactam (4-membered cyclic amide) rings is 1. The normalized spacial score (nSPS) is 15.0. The summed E-state index contributed by atoms with van der Waals surface area (Å²) in [5.41, 5.74) is 0.852. The Labute approximate surface area is 309 Å². The minimum Gasteiger partial charge on any atom is -0.485 e. The lowest BCUT2D eigenvalue weighted by molar-refractivity contribution is -0.150. The number of ketones is 2. The molecule has 14 nitrogen and oxygen atoms in total. The molecule has 2 atom stereocenters. The van der Waals surface area contributed by atoms with Gasteiger partial charge in [0, 0.05) is 24.3 Å². The summed E-state index contributed by atoms with van der Waals surface area (Å²) in [5.74, 6) is -2.28. The molecule has 1 aliphatic rings. The molecule has 1 saturated heterocycles. The van der Waals surface area contributed by atoms with E-state index in [1.807, 2.05) is 60.7 Å². The molecule has 0 radical (unpaired) electrons. The molecular formula is C38H39N5O9S. The minimum absolute atomic E-state index is 0.0390. The van der Waals surface area contributed by atoms with Crippen molar-refractivity contribution >= 4 is 51.7 Å². The van der Waals surface area contributed by atoms with Gasteiger partial charge in [-0.25, -0.2) is 14.8 Å². The van der Waals surface area contributed by atoms with Crippen LogP contribution in [0.5, 0.6) is 11.5 Å². The zero-order chi connectivity index (χ0) is 38.0. The number of thiazole rings is 1. The van der Waals surface area contributed by atoms with Crippen molar-refractivity contribution in [2.24, 2.45) is 5.92 Å². The molecule has 2 aromatic heterocycles. The van der Waals surface area contributed by atoms with Gasteiger partial charge in [0.1, 0.15) is 42.5 Å². The van der Waals surface area contributed by atoms with Crippen molar-refractivity contribution in [3.63, 3.8) is 0 Å². The molecule has 4 aromatic rings. The van der Waals surface area contributed by atoms with Crippen LogP contribution in [0.25, 0.3) is 0 Å². The maximum atomic E-state index is 13.1. The standard InChI is InChI=1S/C38H39N5O9S/c1-38(2,3)52-37(48)43-36-42-28(22-53-36)34(39)30(45)16-25-27(41-35(25)47)21-51-33(46)15-14-29(44)26-17-31(49-19-23-10-6-4-7-11-23)32(18-40-26)50-20-24-12-8-5-9-13-24/h4-13,17-18,22,25,27,39H,14-16,19-21H2,1-3H3,(H,41,47)(H,42,43,48)/t25-,27+/m0/s1. The summed E-state index contributed by atoms with van der Waals surface area (Å²) in [7, 11) is 0. The topological polar surface area (TPSA) is 196 Å². The number of anilines is 1. The molecule has 0 aliphatic carbocycles. The van der Waals surface area contributed by atoms with Crippen LogP contribution in [0, 0.1) is 11.3 Å². The highest BCUT2D eigenvalue weighted by atomic mass is 32.1. The van der Waals surface area contributed by atoms with Gasteiger partial charge in [0.05, 0.1) is 24.6 Å². The molecule has 0 spiro atoms. The average Bonchev–Trinajstić information content (AvgIpc) is 3.60. The molecule has 0 unspecified atom stereocenters. The zero-order valence-corrected chi connectivity index (χ0v) is 30.2. The number of nitrogens with one attached hydrogen (secondary N) is 3. The summed E-state index contributed by atoms with van der Waals surface area (Å²) in [4.78, 5) is 71.1. The Morgan fingerprint density at radius 2 is 1.55 bits per heavy atom. The highest BCUT2D eigenvalue weighted by molar-refractivity contribution is 7.14. The van der Waals surface area contributed by atoms with E-state index in [-0.39, 0.29) is 55.6 Å². The van der Waals surface area contributed by atoms with Gasteiger partial charge < -0.3 is 24.3 Å². The Bertz CT molecular complexity index is 1960. The summed E-state index contributed by atoms with van der Waals surface area (Å²) >= 11 is 1.02. The minimum atomic E-state index is -0.823. The number of pyridine rings is 1. The van der Waals surface area contributed by atoms with E-state index in [4.69, 9.17) is 24.4 Å². The second-order valence-corrected chi connectivity index (χ2v) is 13.9. The second-order valence-electron chi connectivity index (χ2n) is 13.1. The smallest absolute Gasteiger partial charge is 0.413 e. The Kier molecular flexibility index (Phi) is 12.6. The predicted molar refractivity (Wildman–Crippen MR) is 194 cm³/mol. The third-order valence-corrected chi connectivity index (χ3v) is 8.53. The van der Waals surface area contributed by atoms with Gasteiger partial charge >= 0.3 is 12.1 Å². The van der Waals surface area contributed by atoms with Gasteiger partial charge in [-0.15, -0.1) is 11.3 Å². The molecule has 2 aromatic carbocycles. The van der Waals surface area contributed by atoms with Gasteiger partial charge in [-0.2, -0.15) is 0 Å². The van der Waals surface area contributed by atoms with E-state index >= 15 is 0 Å². The van der Waals surface area contributed by atoms with E-state index in [2.05, 4.69) is 20.6 Å². The van der Waals surface area contributed by atoms with Gasteiger partial charge in [-0.3, -0.25) is 29.9 Å². The molecule has 0 bridgehead atoms. The lowest BCUT2D eigenvalue weighted by atomic mass is 9.85. The van der Waals surface area contributed by atoms with E-state index in [1.165, 1.54) is 17.6 Å². The van der Waals surface area contributed by atoms with Crippen molar-refractivity contribution in [1.82, 2.24) is 15.3 Å². The monoisotopic (exact) mass is 741 g/mol. The maximum absolute atomic E-state index is 13.1. The maximum Gasteiger partial charge on any atom is 0.413 e. The number of nitrogens with zero attached hydrogens (tertiary/aromatic N) is 2. The molecule has 3 N–H and O–H groups in total. The highest BCUT2D eigenvalue weighted by Crippen LogP contribution is 2.30. The molecule has 53 heavy (non-hydrogen) atoms. The van der Waals surface area contributed by atoms with Crippen LogP contribution in [0.1, 0.15) is 67.3 Å². The zero-order valence-electron chi connectivity index (χ0n) is 29.4. The number of aromatic nitrogens is 2. The average molecular weight is 742 g/mol. The number of hydrogen-bond donors (Lipinski definition) is 3. The van der Waals surface area contributed by atoms with Crippen LogP contribution >= 0.6 is 11.3 Å². The molecule has 15 heteroatoms. The van der Waals surface area contributed by atoms with Crippen LogP contribution in [-0.2, 0) is 37.1 Å². The lowest BCUT2D eigenvalue weighted by Gasteiger charge is -2.35. The second kappa shape index (κ2) is 17.5. The van der Waals surface area contributed by atoms with Crippen molar-refractivity contribution in [3.8, 4) is 11.5 Å². The first kappa shape index (κ1) is 38.3. The van der Waals surface area contributed by atoms with Crippen LogP contribution in [-0.4, -0.2) is 63.5 Å². The van der Waals surface area contributed by atoms with Crippen molar-refractivity contribution in [3.05, 3.63) is 101 Å². The molecule has 0 saturated carbocycles. The largest absolute Gasteiger partial charge is 0.485 e. The van der Waals surface area contributed by atoms with Crippen LogP contribution in [0.15, 0.2) is 78.3 Å². The van der Waals surface area contributed by atoms with E-state index in [0.29, 0.717) is 11.5 Å². The first-order valence-corrected chi connectivity index (χ1v) is 17.6. The van der Waals surface area contributed by atoms with E-state index < -0.39 is 52.8 Å². The van der Waals surface area contributed by atoms with Crippen molar-refractivity contribution in [1.29, 1.82) is 5.41 Å². The Balaban J connectivity index is 1.10. The number of carbonyl (C=O) groups excluding carboxylic acids is 5. The first-order valence-electron chi connectivity index (χ1n) is 16.7. The van der Waals surface area contributed by atoms with Gasteiger partial charge in [0.2, 0.25) is 5.91 Å². The Hall–Kier alpha value is -5.96. The Morgan fingerprint density at radius 1 is 0.906 bits per heavy atom. The summed E-state index contributed by atoms with van der Waals surface area (Å²) in [5, 5.41) is 14.9. The van der Waals surface area contributed by atoms with E-state index in [1.54, 1.807) is 20.8 Å². The summed E-state index contributed by atoms with van der Waals surface area (Å²) in [6, 6.07) is 19.9. The van der Waals surface area contributed by atoms with Gasteiger partial charge in [0.25, 0.3) is 0 Å². The van der Waals surface area contributed by atoms with Gasteiger partial charge in [0.15, 0.2) is 28.2 Å². The molecule has 1 aliphatic heterocycles. The molecular weight excluding hydrogens is 703 g/mol. The highest BCUT2D eigenvalue weighted by Gasteiger charge is 2.42. The number of rotatable bonds is 17. The molecule has 5 rings (SSSR count). The predicted octanol–water partition coefficient (Wildman–Crippen LogP) is 5.69. The van der Waals surface area contributed by atoms with Crippen LogP contribution < -0.4 is 20.1 Å². The van der Waals surface area contributed by atoms with E-state index in [0.717, 1.165) is 22.5 Å². The Morgan fingerprint density at radius 3 is 2.17 bits per heavy atom. The quantitative estimate of drug-likeness (QED) is 0.0520. The molecule has 276 valence electrons. The van der Waals surface area contributed by atoms with Crippen molar-refractivity contribution in [2.45, 2.75) is 64.9 Å². The molecule has 3 heterocycles. The molecule has 1 fully saturated rings.